The predicted octanol–water partition coefficient (Wildman–Crippen LogP) is 4.91. The van der Waals surface area contributed by atoms with Crippen molar-refractivity contribution < 1.29 is 10.0 Å². The lowest BCUT2D eigenvalue weighted by molar-refractivity contribution is -0.119. The monoisotopic (exact) mass is 452 g/mol. The van der Waals surface area contributed by atoms with E-state index in [1.807, 2.05) is 44.4 Å². The highest BCUT2D eigenvalue weighted by Gasteiger charge is 2.50. The van der Waals surface area contributed by atoms with Gasteiger partial charge < -0.3 is 5.32 Å². The normalized spacial score (nSPS) is 22.3. The van der Waals surface area contributed by atoms with Crippen LogP contribution in [-0.2, 0) is 0 Å². The minimum atomic E-state index is -0.690. The van der Waals surface area contributed by atoms with Crippen molar-refractivity contribution in [3.8, 4) is 0 Å². The van der Waals surface area contributed by atoms with Crippen LogP contribution in [0.25, 0.3) is 0 Å². The molecule has 1 aliphatic heterocycles. The van der Waals surface area contributed by atoms with Crippen LogP contribution in [0.15, 0.2) is 34.3 Å². The van der Waals surface area contributed by atoms with Crippen LogP contribution in [-0.4, -0.2) is 55.1 Å². The lowest BCUT2D eigenvalue weighted by atomic mass is 9.96. The second-order valence-electron chi connectivity index (χ2n) is 7.84. The van der Waals surface area contributed by atoms with Crippen LogP contribution >= 0.6 is 35.7 Å². The number of urea groups is 1. The first-order valence-electron chi connectivity index (χ1n) is 9.80. The molecule has 0 bridgehead atoms. The second-order valence-corrected chi connectivity index (χ2v) is 11.0. The Hall–Kier alpha value is -1.29. The summed E-state index contributed by atoms with van der Waals surface area (Å²) in [6.45, 7) is 3.91. The molecule has 1 saturated heterocycles. The smallest absolute Gasteiger partial charge is 0.333 e. The number of thioether (sulfide) groups is 2. The van der Waals surface area contributed by atoms with Gasteiger partial charge in [-0.05, 0) is 50.6 Å². The molecule has 6 nitrogen and oxygen atoms in total. The highest BCUT2D eigenvalue weighted by Crippen LogP contribution is 2.42. The third-order valence-corrected chi connectivity index (χ3v) is 7.49. The fourth-order valence-corrected chi connectivity index (χ4v) is 5.84. The molecular weight excluding hydrogens is 424 g/mol. The first kappa shape index (κ1) is 22.4. The Kier molecular flexibility index (Phi) is 7.47. The Labute approximate surface area is 186 Å². The summed E-state index contributed by atoms with van der Waals surface area (Å²) >= 11 is 8.60. The largest absolute Gasteiger partial charge is 0.343 e. The molecule has 0 aromatic heterocycles. The molecule has 9 heteroatoms. The van der Waals surface area contributed by atoms with Gasteiger partial charge in [0, 0.05) is 10.9 Å². The van der Waals surface area contributed by atoms with E-state index < -0.39 is 16.9 Å². The molecule has 1 aromatic carbocycles. The molecule has 1 saturated carbocycles. The molecule has 1 atom stereocenters. The molecule has 3 rings (SSSR count). The van der Waals surface area contributed by atoms with Crippen LogP contribution in [0.3, 0.4) is 0 Å². The van der Waals surface area contributed by atoms with Gasteiger partial charge in [-0.3, -0.25) is 5.21 Å². The summed E-state index contributed by atoms with van der Waals surface area (Å²) in [6, 6.07) is 7.63. The maximum Gasteiger partial charge on any atom is 0.343 e. The van der Waals surface area contributed by atoms with Gasteiger partial charge in [0.1, 0.15) is 0 Å². The number of benzene rings is 1. The molecule has 29 heavy (non-hydrogen) atoms. The van der Waals surface area contributed by atoms with Gasteiger partial charge in [-0.1, -0.05) is 55.4 Å². The van der Waals surface area contributed by atoms with E-state index >= 15 is 0 Å². The summed E-state index contributed by atoms with van der Waals surface area (Å²) in [7, 11) is 0. The number of carbonyl (C=O) groups is 1. The molecule has 1 aliphatic carbocycles. The summed E-state index contributed by atoms with van der Waals surface area (Å²) in [4.78, 5) is 13.9. The molecule has 1 heterocycles. The average Bonchev–Trinajstić information content (AvgIpc) is 2.94. The van der Waals surface area contributed by atoms with Crippen LogP contribution in [0.4, 0.5) is 4.79 Å². The molecule has 2 amide bonds. The van der Waals surface area contributed by atoms with Gasteiger partial charge in [-0.15, -0.1) is 11.8 Å². The Morgan fingerprint density at radius 2 is 2.00 bits per heavy atom. The van der Waals surface area contributed by atoms with E-state index in [2.05, 4.69) is 10.4 Å². The molecule has 158 valence electrons. The third kappa shape index (κ3) is 5.45. The lowest BCUT2D eigenvalue weighted by Crippen LogP contribution is -2.57. The number of nitrogens with zero attached hydrogens (tertiary/aromatic N) is 3. The molecular formula is C20H28N4O2S3. The van der Waals surface area contributed by atoms with Crippen LogP contribution in [0.2, 0.25) is 0 Å². The quantitative estimate of drug-likeness (QED) is 0.217. The topological polar surface area (TPSA) is 68.2 Å². The number of carbonyl (C=O) groups excluding carboxylic acids is 1. The van der Waals surface area contributed by atoms with Gasteiger partial charge >= 0.3 is 6.03 Å². The van der Waals surface area contributed by atoms with Crippen molar-refractivity contribution in [2.24, 2.45) is 5.10 Å². The van der Waals surface area contributed by atoms with Crippen molar-refractivity contribution in [2.45, 2.75) is 67.8 Å². The minimum Gasteiger partial charge on any atom is -0.333 e. The summed E-state index contributed by atoms with van der Waals surface area (Å²) < 4.78 is 0.0250. The number of amides is 2. The van der Waals surface area contributed by atoms with Crippen molar-refractivity contribution in [2.75, 3.05) is 6.26 Å². The summed E-state index contributed by atoms with van der Waals surface area (Å²) in [5, 5.41) is 20.6. The Balaban J connectivity index is 1.74. The molecule has 0 spiro atoms. The van der Waals surface area contributed by atoms with Gasteiger partial charge in [-0.25, -0.2) is 9.80 Å². The highest BCUT2D eigenvalue weighted by atomic mass is 32.2. The van der Waals surface area contributed by atoms with Gasteiger partial charge in [-0.2, -0.15) is 10.2 Å². The second kappa shape index (κ2) is 9.68. The van der Waals surface area contributed by atoms with Gasteiger partial charge in [0.15, 0.2) is 10.5 Å². The van der Waals surface area contributed by atoms with Gasteiger partial charge in [0.2, 0.25) is 0 Å². The maximum absolute atomic E-state index is 12.7. The van der Waals surface area contributed by atoms with E-state index in [0.29, 0.717) is 4.32 Å². The van der Waals surface area contributed by atoms with Crippen molar-refractivity contribution in [1.29, 1.82) is 0 Å². The number of rotatable bonds is 5. The zero-order valence-corrected chi connectivity index (χ0v) is 19.4. The van der Waals surface area contributed by atoms with Crippen LogP contribution < -0.4 is 5.32 Å². The first-order valence-corrected chi connectivity index (χ1v) is 12.3. The lowest BCUT2D eigenvalue weighted by Gasteiger charge is -2.35. The van der Waals surface area contributed by atoms with Crippen LogP contribution in [0, 0.1) is 0 Å². The number of hydrazone groups is 1. The molecule has 2 N–H and O–H groups in total. The zero-order chi connectivity index (χ0) is 21.0. The summed E-state index contributed by atoms with van der Waals surface area (Å²) in [6.07, 6.45) is 8.38. The number of hydrogen-bond donors (Lipinski definition) is 2. The number of nitrogens with one attached hydrogen (secondary N) is 1. The standard InChI is InChI=1S/C20H28N4O2S3/c1-20(2)17(24(26)18(25)22-15-7-5-4-6-8-15)23(19(27)29-20)21-13-14-9-11-16(28-3)12-10-14/h9-13,15,17,26H,4-8H2,1-3H3,(H,22,25)/b21-13-/t17-/m0/s1. The average molecular weight is 453 g/mol. The van der Waals surface area contributed by atoms with E-state index in [0.717, 1.165) is 36.3 Å². The van der Waals surface area contributed by atoms with E-state index in [1.54, 1.807) is 23.0 Å². The predicted molar refractivity (Wildman–Crippen MR) is 125 cm³/mol. The van der Waals surface area contributed by atoms with Crippen molar-refractivity contribution in [1.82, 2.24) is 15.4 Å². The van der Waals surface area contributed by atoms with Gasteiger partial charge in [0.25, 0.3) is 0 Å². The Morgan fingerprint density at radius 3 is 2.62 bits per heavy atom. The summed E-state index contributed by atoms with van der Waals surface area (Å²) in [5.41, 5.74) is 0.926. The van der Waals surface area contributed by atoms with E-state index in [9.17, 15) is 10.0 Å². The summed E-state index contributed by atoms with van der Waals surface area (Å²) in [5.74, 6) is 0. The minimum absolute atomic E-state index is 0.113. The van der Waals surface area contributed by atoms with E-state index in [4.69, 9.17) is 12.2 Å². The number of hydrogen-bond acceptors (Lipinski definition) is 6. The van der Waals surface area contributed by atoms with Crippen molar-refractivity contribution >= 4 is 52.3 Å². The van der Waals surface area contributed by atoms with Crippen molar-refractivity contribution in [3.63, 3.8) is 0 Å². The molecule has 2 aliphatic rings. The molecule has 0 unspecified atom stereocenters. The first-order chi connectivity index (χ1) is 13.8. The highest BCUT2D eigenvalue weighted by molar-refractivity contribution is 8.24. The van der Waals surface area contributed by atoms with E-state index in [-0.39, 0.29) is 6.04 Å². The Bertz CT molecular complexity index is 763. The molecule has 1 aromatic rings. The zero-order valence-electron chi connectivity index (χ0n) is 17.0. The van der Waals surface area contributed by atoms with Crippen LogP contribution in [0.5, 0.6) is 0 Å². The third-order valence-electron chi connectivity index (χ3n) is 5.21. The fraction of sp³-hybridized carbons (Fsp3) is 0.550. The number of hydroxylamine groups is 2. The maximum atomic E-state index is 12.7. The Morgan fingerprint density at radius 1 is 1.34 bits per heavy atom. The number of thiocarbonyl (C=S) groups is 1. The van der Waals surface area contributed by atoms with Crippen LogP contribution in [0.1, 0.15) is 51.5 Å². The van der Waals surface area contributed by atoms with Crippen molar-refractivity contribution in [3.05, 3.63) is 29.8 Å². The fourth-order valence-electron chi connectivity index (χ4n) is 3.64. The molecule has 0 radical (unpaired) electrons. The molecule has 2 fully saturated rings. The van der Waals surface area contributed by atoms with E-state index in [1.165, 1.54) is 23.1 Å². The SMILES string of the molecule is CSc1ccc(/C=N\N2C(=S)SC(C)(C)[C@@H]2N(O)C(=O)NC2CCCCC2)cc1. The van der Waals surface area contributed by atoms with Gasteiger partial charge in [0.05, 0.1) is 11.0 Å².